The molecule has 0 aliphatic rings. The van der Waals surface area contributed by atoms with Gasteiger partial charge in [0.2, 0.25) is 11.8 Å². The van der Waals surface area contributed by atoms with Crippen LogP contribution in [0.3, 0.4) is 0 Å². The van der Waals surface area contributed by atoms with Gasteiger partial charge in [0.25, 0.3) is 0 Å². The van der Waals surface area contributed by atoms with E-state index in [1.807, 2.05) is 0 Å². The van der Waals surface area contributed by atoms with Crippen LogP contribution in [0.5, 0.6) is 0 Å². The molecule has 1 aromatic carbocycles. The molecule has 0 bridgehead atoms. The van der Waals surface area contributed by atoms with Crippen molar-refractivity contribution in [3.8, 4) is 11.5 Å². The zero-order chi connectivity index (χ0) is 13.8. The molecule has 4 nitrogen and oxygen atoms in total. The average molecular weight is 284 g/mol. The van der Waals surface area contributed by atoms with Crippen LogP contribution in [0.15, 0.2) is 22.6 Å². The number of halogens is 2. The third kappa shape index (κ3) is 3.75. The van der Waals surface area contributed by atoms with E-state index >= 15 is 0 Å². The van der Waals surface area contributed by atoms with Crippen molar-refractivity contribution >= 4 is 11.6 Å². The van der Waals surface area contributed by atoms with Crippen molar-refractivity contribution in [1.29, 1.82) is 0 Å². The summed E-state index contributed by atoms with van der Waals surface area (Å²) in [5.41, 5.74) is 0.613. The molecule has 0 fully saturated rings. The van der Waals surface area contributed by atoms with Gasteiger partial charge in [-0.15, -0.1) is 10.2 Å². The maximum Gasteiger partial charge on any atom is 0.247 e. The summed E-state index contributed by atoms with van der Waals surface area (Å²) < 4.78 is 18.6. The lowest BCUT2D eigenvalue weighted by Gasteiger charge is -2.04. The molecule has 0 atom stereocenters. The summed E-state index contributed by atoms with van der Waals surface area (Å²) in [6, 6.07) is 4.73. The fraction of sp³-hybridized carbons (Fsp3) is 0.385. The minimum atomic E-state index is -0.466. The third-order valence-electron chi connectivity index (χ3n) is 2.52. The van der Waals surface area contributed by atoms with Gasteiger partial charge in [0, 0.05) is 24.6 Å². The largest absolute Gasteiger partial charge is 0.421 e. The molecular weight excluding hydrogens is 269 g/mol. The summed E-state index contributed by atoms with van der Waals surface area (Å²) >= 11 is 5.71. The van der Waals surface area contributed by atoms with E-state index in [0.717, 1.165) is 6.54 Å². The lowest BCUT2D eigenvalue weighted by Crippen LogP contribution is -2.25. The minimum absolute atomic E-state index is 0.0405. The van der Waals surface area contributed by atoms with Gasteiger partial charge in [-0.1, -0.05) is 25.4 Å². The molecule has 0 radical (unpaired) electrons. The van der Waals surface area contributed by atoms with Gasteiger partial charge in [0.1, 0.15) is 5.82 Å². The molecule has 2 aromatic rings. The molecule has 102 valence electrons. The van der Waals surface area contributed by atoms with Gasteiger partial charge in [-0.05, 0) is 18.2 Å². The molecule has 6 heteroatoms. The van der Waals surface area contributed by atoms with Crippen LogP contribution in [-0.4, -0.2) is 22.8 Å². The standard InChI is InChI=1S/C13H15ClFN3O/c1-8(2)16-6-5-12-17-18-13(19-12)9-3-4-11(15)10(14)7-9/h3-4,7-8,16H,5-6H2,1-2H3. The number of benzene rings is 1. The summed E-state index contributed by atoms with van der Waals surface area (Å²) in [6.07, 6.45) is 0.653. The van der Waals surface area contributed by atoms with Crippen molar-refractivity contribution in [3.63, 3.8) is 0 Å². The SMILES string of the molecule is CC(C)NCCc1nnc(-c2ccc(F)c(Cl)c2)o1. The maximum atomic E-state index is 13.1. The molecule has 0 aliphatic heterocycles. The first kappa shape index (κ1) is 14.0. The second kappa shape index (κ2) is 6.12. The predicted octanol–water partition coefficient (Wildman–Crippen LogP) is 3.07. The normalized spacial score (nSPS) is 11.2. The highest BCUT2D eigenvalue weighted by Crippen LogP contribution is 2.23. The smallest absolute Gasteiger partial charge is 0.247 e. The van der Waals surface area contributed by atoms with Crippen molar-refractivity contribution in [2.45, 2.75) is 26.3 Å². The zero-order valence-corrected chi connectivity index (χ0v) is 11.5. The Balaban J connectivity index is 2.05. The van der Waals surface area contributed by atoms with Gasteiger partial charge < -0.3 is 9.73 Å². The molecule has 2 rings (SSSR count). The second-order valence-electron chi connectivity index (χ2n) is 4.49. The van der Waals surface area contributed by atoms with Crippen molar-refractivity contribution in [2.75, 3.05) is 6.54 Å². The van der Waals surface area contributed by atoms with Crippen molar-refractivity contribution in [3.05, 3.63) is 34.9 Å². The quantitative estimate of drug-likeness (QED) is 0.916. The molecule has 0 aliphatic carbocycles. The molecule has 0 spiro atoms. The van der Waals surface area contributed by atoms with E-state index in [9.17, 15) is 4.39 Å². The van der Waals surface area contributed by atoms with E-state index in [4.69, 9.17) is 16.0 Å². The van der Waals surface area contributed by atoms with Crippen LogP contribution in [0.2, 0.25) is 5.02 Å². The molecule has 0 amide bonds. The first-order valence-electron chi connectivity index (χ1n) is 6.07. The van der Waals surface area contributed by atoms with Crippen molar-refractivity contribution in [2.24, 2.45) is 0 Å². The summed E-state index contributed by atoms with van der Waals surface area (Å²) in [6.45, 7) is 4.91. The topological polar surface area (TPSA) is 51.0 Å². The van der Waals surface area contributed by atoms with Crippen LogP contribution in [0.25, 0.3) is 11.5 Å². The molecule has 1 aromatic heterocycles. The Morgan fingerprint density at radius 3 is 2.84 bits per heavy atom. The van der Waals surface area contributed by atoms with Crippen LogP contribution in [0.1, 0.15) is 19.7 Å². The van der Waals surface area contributed by atoms with Crippen LogP contribution < -0.4 is 5.32 Å². The summed E-state index contributed by atoms with van der Waals surface area (Å²) in [7, 11) is 0. The third-order valence-corrected chi connectivity index (χ3v) is 2.81. The maximum absolute atomic E-state index is 13.1. The lowest BCUT2D eigenvalue weighted by atomic mass is 10.2. The van der Waals surface area contributed by atoms with Gasteiger partial charge in [-0.2, -0.15) is 0 Å². The summed E-state index contributed by atoms with van der Waals surface area (Å²) in [4.78, 5) is 0. The number of rotatable bonds is 5. The van der Waals surface area contributed by atoms with Crippen LogP contribution >= 0.6 is 11.6 Å². The zero-order valence-electron chi connectivity index (χ0n) is 10.8. The molecule has 19 heavy (non-hydrogen) atoms. The fourth-order valence-corrected chi connectivity index (χ4v) is 1.75. The monoisotopic (exact) mass is 283 g/mol. The van der Waals surface area contributed by atoms with Gasteiger partial charge in [0.15, 0.2) is 0 Å². The van der Waals surface area contributed by atoms with Crippen molar-refractivity contribution < 1.29 is 8.81 Å². The Morgan fingerprint density at radius 1 is 1.37 bits per heavy atom. The van der Waals surface area contributed by atoms with E-state index in [1.54, 1.807) is 6.07 Å². The highest BCUT2D eigenvalue weighted by Gasteiger charge is 2.10. The van der Waals surface area contributed by atoms with E-state index in [1.165, 1.54) is 12.1 Å². The minimum Gasteiger partial charge on any atom is -0.421 e. The van der Waals surface area contributed by atoms with E-state index in [0.29, 0.717) is 29.8 Å². The number of aromatic nitrogens is 2. The van der Waals surface area contributed by atoms with E-state index in [2.05, 4.69) is 29.4 Å². The Kier molecular flexibility index (Phi) is 4.50. The van der Waals surface area contributed by atoms with Gasteiger partial charge in [-0.25, -0.2) is 4.39 Å². The van der Waals surface area contributed by atoms with Crippen LogP contribution in [0.4, 0.5) is 4.39 Å². The van der Waals surface area contributed by atoms with Crippen LogP contribution in [0, 0.1) is 5.82 Å². The highest BCUT2D eigenvalue weighted by molar-refractivity contribution is 6.31. The van der Waals surface area contributed by atoms with Crippen molar-refractivity contribution in [1.82, 2.24) is 15.5 Å². The Morgan fingerprint density at radius 2 is 2.16 bits per heavy atom. The second-order valence-corrected chi connectivity index (χ2v) is 4.90. The predicted molar refractivity (Wildman–Crippen MR) is 71.5 cm³/mol. The van der Waals surface area contributed by atoms with Gasteiger partial charge in [-0.3, -0.25) is 0 Å². The Labute approximate surface area is 116 Å². The number of nitrogens with zero attached hydrogens (tertiary/aromatic N) is 2. The first-order chi connectivity index (χ1) is 9.06. The average Bonchev–Trinajstić information content (AvgIpc) is 2.81. The molecule has 0 saturated heterocycles. The van der Waals surface area contributed by atoms with Gasteiger partial charge >= 0.3 is 0 Å². The number of nitrogens with one attached hydrogen (secondary N) is 1. The highest BCUT2D eigenvalue weighted by atomic mass is 35.5. The molecular formula is C13H15ClFN3O. The van der Waals surface area contributed by atoms with Crippen LogP contribution in [-0.2, 0) is 6.42 Å². The lowest BCUT2D eigenvalue weighted by molar-refractivity contribution is 0.484. The Hall–Kier alpha value is -1.46. The number of hydrogen-bond acceptors (Lipinski definition) is 4. The number of hydrogen-bond donors (Lipinski definition) is 1. The van der Waals surface area contributed by atoms with Gasteiger partial charge in [0.05, 0.1) is 5.02 Å². The van der Waals surface area contributed by atoms with E-state index in [-0.39, 0.29) is 5.02 Å². The molecule has 1 N–H and O–H groups in total. The molecule has 0 unspecified atom stereocenters. The molecule has 0 saturated carbocycles. The molecule has 1 heterocycles. The van der Waals surface area contributed by atoms with E-state index < -0.39 is 5.82 Å². The summed E-state index contributed by atoms with van der Waals surface area (Å²) in [5, 5.41) is 11.2. The first-order valence-corrected chi connectivity index (χ1v) is 6.45. The summed E-state index contributed by atoms with van der Waals surface area (Å²) in [5.74, 6) is 0.427. The fourth-order valence-electron chi connectivity index (χ4n) is 1.57. The Bertz CT molecular complexity index is 557.